The molecular weight excluding hydrogens is 283 g/mol. The standard InChI is InChI=1S/C13H15FN2O5/c1-13(2,3)21-12(18)15-9(7-17)11-8(14)5-4-6-10(11)16(19)20/h4-7,9H,1-3H3,(H,15,18). The molecule has 8 heteroatoms. The van der Waals surface area contributed by atoms with Crippen molar-refractivity contribution in [3.63, 3.8) is 0 Å². The number of ether oxygens (including phenoxy) is 1. The molecule has 0 spiro atoms. The molecule has 1 amide bonds. The third-order valence-electron chi connectivity index (χ3n) is 2.35. The zero-order valence-corrected chi connectivity index (χ0v) is 11.8. The van der Waals surface area contributed by atoms with Crippen molar-refractivity contribution in [2.45, 2.75) is 32.4 Å². The minimum Gasteiger partial charge on any atom is -0.444 e. The average Bonchev–Trinajstić information content (AvgIpc) is 2.33. The summed E-state index contributed by atoms with van der Waals surface area (Å²) in [5, 5.41) is 13.0. The van der Waals surface area contributed by atoms with Crippen LogP contribution in [0.25, 0.3) is 0 Å². The molecule has 0 saturated heterocycles. The van der Waals surface area contributed by atoms with Gasteiger partial charge in [-0.3, -0.25) is 10.1 Å². The molecule has 21 heavy (non-hydrogen) atoms. The number of rotatable bonds is 4. The Morgan fingerprint density at radius 2 is 2.10 bits per heavy atom. The molecule has 1 aromatic carbocycles. The molecule has 0 saturated carbocycles. The normalized spacial score (nSPS) is 12.4. The Morgan fingerprint density at radius 1 is 1.48 bits per heavy atom. The largest absolute Gasteiger partial charge is 0.444 e. The van der Waals surface area contributed by atoms with Gasteiger partial charge in [0.25, 0.3) is 5.69 Å². The number of carbonyl (C=O) groups is 2. The van der Waals surface area contributed by atoms with E-state index >= 15 is 0 Å². The summed E-state index contributed by atoms with van der Waals surface area (Å²) in [6.45, 7) is 4.82. The third-order valence-corrected chi connectivity index (χ3v) is 2.35. The maximum Gasteiger partial charge on any atom is 0.408 e. The second kappa shape index (κ2) is 6.29. The maximum absolute atomic E-state index is 13.8. The lowest BCUT2D eigenvalue weighted by Gasteiger charge is -2.21. The van der Waals surface area contributed by atoms with Crippen LogP contribution in [0.4, 0.5) is 14.9 Å². The highest BCUT2D eigenvalue weighted by atomic mass is 19.1. The van der Waals surface area contributed by atoms with Gasteiger partial charge in [-0.15, -0.1) is 0 Å². The van der Waals surface area contributed by atoms with Gasteiger partial charge in [0.1, 0.15) is 23.7 Å². The molecule has 1 unspecified atom stereocenters. The van der Waals surface area contributed by atoms with Crippen molar-refractivity contribution in [2.24, 2.45) is 0 Å². The van der Waals surface area contributed by atoms with Crippen molar-refractivity contribution in [3.8, 4) is 0 Å². The van der Waals surface area contributed by atoms with Crippen molar-refractivity contribution >= 4 is 18.1 Å². The molecule has 0 bridgehead atoms. The molecule has 0 aliphatic carbocycles. The highest BCUT2D eigenvalue weighted by Crippen LogP contribution is 2.27. The van der Waals surface area contributed by atoms with Gasteiger partial charge in [0, 0.05) is 6.07 Å². The Labute approximate surface area is 120 Å². The number of nitrogens with zero attached hydrogens (tertiary/aromatic N) is 1. The van der Waals surface area contributed by atoms with Gasteiger partial charge >= 0.3 is 6.09 Å². The number of halogens is 1. The van der Waals surface area contributed by atoms with Gasteiger partial charge in [0.05, 0.1) is 10.5 Å². The van der Waals surface area contributed by atoms with Crippen LogP contribution in [0.3, 0.4) is 0 Å². The van der Waals surface area contributed by atoms with E-state index in [1.807, 2.05) is 0 Å². The number of alkyl carbamates (subject to hydrolysis) is 1. The Hall–Kier alpha value is -2.51. The van der Waals surface area contributed by atoms with Crippen LogP contribution in [0.15, 0.2) is 18.2 Å². The summed E-state index contributed by atoms with van der Waals surface area (Å²) in [7, 11) is 0. The van der Waals surface area contributed by atoms with Crippen LogP contribution in [-0.4, -0.2) is 22.9 Å². The number of amides is 1. The van der Waals surface area contributed by atoms with Crippen molar-refractivity contribution in [1.29, 1.82) is 0 Å². The van der Waals surface area contributed by atoms with E-state index in [0.717, 1.165) is 18.2 Å². The van der Waals surface area contributed by atoms with Gasteiger partial charge in [0.2, 0.25) is 0 Å². The van der Waals surface area contributed by atoms with E-state index in [1.54, 1.807) is 20.8 Å². The zero-order valence-electron chi connectivity index (χ0n) is 11.8. The molecule has 0 aliphatic rings. The van der Waals surface area contributed by atoms with E-state index in [4.69, 9.17) is 4.74 Å². The van der Waals surface area contributed by atoms with E-state index in [9.17, 15) is 24.1 Å². The molecule has 0 aliphatic heterocycles. The monoisotopic (exact) mass is 298 g/mol. The van der Waals surface area contributed by atoms with Gasteiger partial charge in [-0.2, -0.15) is 0 Å². The van der Waals surface area contributed by atoms with E-state index in [1.165, 1.54) is 0 Å². The molecule has 1 aromatic rings. The summed E-state index contributed by atoms with van der Waals surface area (Å²) < 4.78 is 18.7. The fourth-order valence-electron chi connectivity index (χ4n) is 1.60. The molecule has 1 rings (SSSR count). The van der Waals surface area contributed by atoms with E-state index < -0.39 is 39.7 Å². The van der Waals surface area contributed by atoms with Crippen molar-refractivity contribution < 1.29 is 23.6 Å². The SMILES string of the molecule is CC(C)(C)OC(=O)NC(C=O)c1c(F)cccc1[N+](=O)[O-]. The molecule has 0 heterocycles. The molecular formula is C13H15FN2O5. The average molecular weight is 298 g/mol. The molecule has 0 fully saturated rings. The van der Waals surface area contributed by atoms with E-state index in [0.29, 0.717) is 0 Å². The lowest BCUT2D eigenvalue weighted by molar-refractivity contribution is -0.385. The zero-order chi connectivity index (χ0) is 16.2. The summed E-state index contributed by atoms with van der Waals surface area (Å²) in [5.74, 6) is -0.961. The number of hydrogen-bond donors (Lipinski definition) is 1. The first-order chi connectivity index (χ1) is 9.65. The molecule has 114 valence electrons. The molecule has 0 aromatic heterocycles. The third kappa shape index (κ3) is 4.51. The number of aldehydes is 1. The second-order valence-electron chi connectivity index (χ2n) is 5.19. The lowest BCUT2D eigenvalue weighted by Crippen LogP contribution is -2.36. The minimum absolute atomic E-state index is 0.204. The highest BCUT2D eigenvalue weighted by Gasteiger charge is 2.28. The first kappa shape index (κ1) is 16.5. The van der Waals surface area contributed by atoms with E-state index in [-0.39, 0.29) is 6.29 Å². The smallest absolute Gasteiger partial charge is 0.408 e. The van der Waals surface area contributed by atoms with Crippen LogP contribution in [0, 0.1) is 15.9 Å². The topological polar surface area (TPSA) is 98.5 Å². The number of benzene rings is 1. The fourth-order valence-corrected chi connectivity index (χ4v) is 1.60. The molecule has 0 radical (unpaired) electrons. The highest BCUT2D eigenvalue weighted by molar-refractivity contribution is 5.76. The first-order valence-corrected chi connectivity index (χ1v) is 6.03. The van der Waals surface area contributed by atoms with Crippen molar-refractivity contribution in [2.75, 3.05) is 0 Å². The predicted octanol–water partition coefficient (Wildman–Crippen LogP) is 2.50. The first-order valence-electron chi connectivity index (χ1n) is 6.03. The van der Waals surface area contributed by atoms with Crippen molar-refractivity contribution in [3.05, 3.63) is 39.7 Å². The molecule has 1 atom stereocenters. The van der Waals surface area contributed by atoms with Crippen molar-refractivity contribution in [1.82, 2.24) is 5.32 Å². The molecule has 7 nitrogen and oxygen atoms in total. The molecule has 1 N–H and O–H groups in total. The quantitative estimate of drug-likeness (QED) is 0.523. The van der Waals surface area contributed by atoms with Crippen LogP contribution in [0.2, 0.25) is 0 Å². The Kier molecular flexibility index (Phi) is 4.96. The van der Waals surface area contributed by atoms with Gasteiger partial charge < -0.3 is 14.8 Å². The number of nitrogens with one attached hydrogen (secondary N) is 1. The summed E-state index contributed by atoms with van der Waals surface area (Å²) in [5.41, 5.74) is -1.93. The van der Waals surface area contributed by atoms with Gasteiger partial charge in [-0.05, 0) is 26.8 Å². The second-order valence-corrected chi connectivity index (χ2v) is 5.19. The van der Waals surface area contributed by atoms with Crippen LogP contribution >= 0.6 is 0 Å². The summed E-state index contributed by atoms with van der Waals surface area (Å²) in [4.78, 5) is 32.7. The summed E-state index contributed by atoms with van der Waals surface area (Å²) >= 11 is 0. The Balaban J connectivity index is 3.09. The maximum atomic E-state index is 13.8. The number of nitro groups is 1. The van der Waals surface area contributed by atoms with E-state index in [2.05, 4.69) is 5.32 Å². The lowest BCUT2D eigenvalue weighted by atomic mass is 10.1. The summed E-state index contributed by atoms with van der Waals surface area (Å²) in [6.07, 6.45) is -0.771. The van der Waals surface area contributed by atoms with Gasteiger partial charge in [-0.1, -0.05) is 6.07 Å². The van der Waals surface area contributed by atoms with Crippen LogP contribution < -0.4 is 5.32 Å². The van der Waals surface area contributed by atoms with Crippen LogP contribution in [0.1, 0.15) is 32.4 Å². The fraction of sp³-hybridized carbons (Fsp3) is 0.385. The Morgan fingerprint density at radius 3 is 2.57 bits per heavy atom. The summed E-state index contributed by atoms with van der Waals surface area (Å²) in [6, 6.07) is 1.65. The van der Waals surface area contributed by atoms with Crippen LogP contribution in [-0.2, 0) is 9.53 Å². The Bertz CT molecular complexity index is 568. The number of hydrogen-bond acceptors (Lipinski definition) is 5. The number of nitro benzene ring substituents is 1. The number of carbonyl (C=O) groups excluding carboxylic acids is 2. The van der Waals surface area contributed by atoms with Gasteiger partial charge in [0.15, 0.2) is 0 Å². The predicted molar refractivity (Wildman–Crippen MR) is 71.2 cm³/mol. The minimum atomic E-state index is -1.51. The van der Waals surface area contributed by atoms with Gasteiger partial charge in [-0.25, -0.2) is 9.18 Å². The van der Waals surface area contributed by atoms with Crippen LogP contribution in [0.5, 0.6) is 0 Å².